The topological polar surface area (TPSA) is 71.5 Å². The van der Waals surface area contributed by atoms with Crippen molar-refractivity contribution >= 4 is 27.4 Å². The molecule has 1 atom stereocenters. The summed E-state index contributed by atoms with van der Waals surface area (Å²) in [5, 5.41) is 15.6. The monoisotopic (exact) mass is 557 g/mol. The molecule has 2 aromatic carbocycles. The maximum absolute atomic E-state index is 12.8. The molecule has 2 aliphatic rings. The third kappa shape index (κ3) is 4.43. The van der Waals surface area contributed by atoms with Crippen LogP contribution in [0.1, 0.15) is 28.4 Å². The maximum atomic E-state index is 12.8. The number of fused-ring (bicyclic) bond motifs is 2. The van der Waals surface area contributed by atoms with Crippen molar-refractivity contribution in [3.63, 3.8) is 0 Å². The van der Waals surface area contributed by atoms with Crippen molar-refractivity contribution in [3.05, 3.63) is 84.8 Å². The molecule has 0 radical (unpaired) electrons. The Morgan fingerprint density at radius 2 is 2.09 bits per heavy atom. The van der Waals surface area contributed by atoms with Crippen LogP contribution in [0.2, 0.25) is 0 Å². The predicted octanol–water partition coefficient (Wildman–Crippen LogP) is -0.517. The van der Waals surface area contributed by atoms with Crippen LogP contribution in [0, 0.1) is 0 Å². The van der Waals surface area contributed by atoms with Gasteiger partial charge in [-0.05, 0) is 0 Å². The molecular weight excluding hydrogens is 535 g/mol. The zero-order chi connectivity index (χ0) is 22.1. The van der Waals surface area contributed by atoms with Crippen molar-refractivity contribution in [1.82, 2.24) is 10.3 Å². The van der Waals surface area contributed by atoms with E-state index in [4.69, 9.17) is 9.72 Å². The number of thiazole rings is 1. The first-order valence-corrected chi connectivity index (χ1v) is 13.6. The number of carbonyl (C=O) groups excluding carboxylic acids is 1. The third-order valence-electron chi connectivity index (χ3n) is 5.44. The van der Waals surface area contributed by atoms with E-state index in [1.807, 2.05) is 24.3 Å². The first-order valence-electron chi connectivity index (χ1n) is 10.3. The van der Waals surface area contributed by atoms with Gasteiger partial charge < -0.3 is 0 Å². The number of rotatable bonds is 4. The zero-order valence-electron chi connectivity index (χ0n) is 17.5. The number of benzene rings is 2. The summed E-state index contributed by atoms with van der Waals surface area (Å²) in [5.41, 5.74) is 3.34. The standard InChI is InChI=1S/C25H22IN2O3S/c1-25(30)15-31-14-19-8-7-18(10-20(19)25)23(29)27-13-16-9-21-22(12-26-11-16)32-24(28-21)17-5-3-2-4-6-17/h2-12,30H,13-15H2,1H3,(H,27,29)/q-1/t25-/m1/s1. The van der Waals surface area contributed by atoms with Gasteiger partial charge in [-0.2, -0.15) is 0 Å². The van der Waals surface area contributed by atoms with E-state index >= 15 is 0 Å². The Labute approximate surface area is 200 Å². The van der Waals surface area contributed by atoms with Crippen LogP contribution in [0.4, 0.5) is 0 Å². The molecule has 5 rings (SSSR count). The van der Waals surface area contributed by atoms with Crippen molar-refractivity contribution in [2.24, 2.45) is 0 Å². The van der Waals surface area contributed by atoms with Gasteiger partial charge in [-0.3, -0.25) is 0 Å². The second-order valence-corrected chi connectivity index (χ2v) is 11.0. The molecule has 164 valence electrons. The van der Waals surface area contributed by atoms with Crippen LogP contribution >= 0.6 is 11.3 Å². The van der Waals surface area contributed by atoms with E-state index < -0.39 is 5.60 Å². The van der Waals surface area contributed by atoms with E-state index in [2.05, 4.69) is 31.7 Å². The number of nitrogens with one attached hydrogen (secondary N) is 1. The van der Waals surface area contributed by atoms with Crippen LogP contribution in [0.15, 0.2) is 58.2 Å². The number of nitrogens with zero attached hydrogens (tertiary/aromatic N) is 1. The number of hydrogen-bond donors (Lipinski definition) is 2. The number of amides is 1. The molecule has 1 amide bonds. The Morgan fingerprint density at radius 3 is 2.94 bits per heavy atom. The van der Waals surface area contributed by atoms with Gasteiger partial charge >= 0.3 is 201 Å². The molecule has 0 spiro atoms. The van der Waals surface area contributed by atoms with Crippen LogP contribution in [0.5, 0.6) is 0 Å². The fourth-order valence-electron chi connectivity index (χ4n) is 3.76. The molecule has 0 fully saturated rings. The number of hydrogen-bond acceptors (Lipinski definition) is 5. The van der Waals surface area contributed by atoms with Crippen LogP contribution in [0.3, 0.4) is 0 Å². The summed E-state index contributed by atoms with van der Waals surface area (Å²) in [4.78, 5) is 17.7. The average Bonchev–Trinajstić information content (AvgIpc) is 3.10. The van der Waals surface area contributed by atoms with Gasteiger partial charge in [-0.15, -0.1) is 0 Å². The Morgan fingerprint density at radius 1 is 1.25 bits per heavy atom. The summed E-state index contributed by atoms with van der Waals surface area (Å²) in [5.74, 6) is -0.153. The van der Waals surface area contributed by atoms with Crippen molar-refractivity contribution in [3.8, 4) is 10.6 Å². The molecule has 3 aromatic rings. The second-order valence-electron chi connectivity index (χ2n) is 8.02. The van der Waals surface area contributed by atoms with Crippen LogP contribution in [0.25, 0.3) is 20.7 Å². The SMILES string of the molecule is C[C@@]1(O)COCc2ccc(C(=O)NCC3=C[I-]C=c4sc(-c5ccccc5)nc4=C3)cc21. The Bertz CT molecular complexity index is 1330. The number of aromatic nitrogens is 1. The molecule has 0 unspecified atom stereocenters. The first-order chi connectivity index (χ1) is 15.5. The molecule has 32 heavy (non-hydrogen) atoms. The summed E-state index contributed by atoms with van der Waals surface area (Å²) in [7, 11) is 0. The molecule has 2 aliphatic heterocycles. The van der Waals surface area contributed by atoms with Crippen molar-refractivity contribution in [1.29, 1.82) is 0 Å². The van der Waals surface area contributed by atoms with E-state index in [0.29, 0.717) is 18.7 Å². The molecule has 0 aliphatic carbocycles. The first kappa shape index (κ1) is 21.5. The molecule has 0 saturated carbocycles. The number of carbonyl (C=O) groups is 1. The minimum atomic E-state index is -1.08. The predicted molar refractivity (Wildman–Crippen MR) is 122 cm³/mol. The summed E-state index contributed by atoms with van der Waals surface area (Å²) >= 11 is 1.46. The Kier molecular flexibility index (Phi) is 5.98. The summed E-state index contributed by atoms with van der Waals surface area (Å²) < 4.78 is 11.2. The van der Waals surface area contributed by atoms with Gasteiger partial charge in [-0.1, -0.05) is 0 Å². The number of halogens is 1. The molecule has 0 bridgehead atoms. The van der Waals surface area contributed by atoms with Gasteiger partial charge in [0.25, 0.3) is 0 Å². The summed E-state index contributed by atoms with van der Waals surface area (Å²) in [6, 6.07) is 15.6. The van der Waals surface area contributed by atoms with Crippen LogP contribution in [-0.4, -0.2) is 29.1 Å². The van der Waals surface area contributed by atoms with Gasteiger partial charge in [0.1, 0.15) is 0 Å². The van der Waals surface area contributed by atoms with Gasteiger partial charge in [0.2, 0.25) is 0 Å². The van der Waals surface area contributed by atoms with E-state index in [1.54, 1.807) is 30.4 Å². The molecule has 0 saturated heterocycles. The Hall–Kier alpha value is -2.33. The fraction of sp³-hybridized carbons (Fsp3) is 0.200. The molecule has 3 heterocycles. The summed E-state index contributed by atoms with van der Waals surface area (Å²) in [6.45, 7) is 2.85. The van der Waals surface area contributed by atoms with Crippen molar-refractivity contribution in [2.45, 2.75) is 19.1 Å². The van der Waals surface area contributed by atoms with E-state index in [0.717, 1.165) is 32.6 Å². The minimum absolute atomic E-state index is 0.153. The van der Waals surface area contributed by atoms with E-state index in [1.165, 1.54) is 4.53 Å². The average molecular weight is 557 g/mol. The van der Waals surface area contributed by atoms with Gasteiger partial charge in [0, 0.05) is 0 Å². The van der Waals surface area contributed by atoms with Crippen LogP contribution < -0.4 is 36.4 Å². The third-order valence-corrected chi connectivity index (χ3v) is 9.07. The van der Waals surface area contributed by atoms with Gasteiger partial charge in [0.15, 0.2) is 0 Å². The molecule has 2 N–H and O–H groups in total. The van der Waals surface area contributed by atoms with E-state index in [9.17, 15) is 9.90 Å². The van der Waals surface area contributed by atoms with Gasteiger partial charge in [0.05, 0.1) is 0 Å². The fourth-order valence-corrected chi connectivity index (χ4v) is 7.04. The number of aliphatic hydroxyl groups is 1. The molecule has 7 heteroatoms. The second kappa shape index (κ2) is 8.90. The van der Waals surface area contributed by atoms with E-state index in [-0.39, 0.29) is 33.7 Å². The summed E-state index contributed by atoms with van der Waals surface area (Å²) in [6.07, 6.45) is 2.08. The molecule has 1 aromatic heterocycles. The normalized spacial score (nSPS) is 19.8. The van der Waals surface area contributed by atoms with Gasteiger partial charge in [-0.25, -0.2) is 0 Å². The number of ether oxygens (including phenoxy) is 1. The zero-order valence-corrected chi connectivity index (χ0v) is 20.4. The van der Waals surface area contributed by atoms with Crippen molar-refractivity contribution in [2.75, 3.05) is 13.2 Å². The quantitative estimate of drug-likeness (QED) is 0.424. The van der Waals surface area contributed by atoms with Crippen molar-refractivity contribution < 1.29 is 35.8 Å². The molecule has 5 nitrogen and oxygen atoms in total. The molecular formula is C25H22IN2O3S-. The van der Waals surface area contributed by atoms with Crippen LogP contribution in [-0.2, 0) is 16.9 Å². The Balaban J connectivity index is 1.33.